The Bertz CT molecular complexity index is 1170. The van der Waals surface area contributed by atoms with Crippen molar-refractivity contribution in [3.8, 4) is 0 Å². The molecule has 4 aromatic carbocycles. The van der Waals surface area contributed by atoms with Crippen LogP contribution in [0.15, 0.2) is 110 Å². The minimum atomic E-state index is -0.549. The molecular formula is C34H36O2. The Hall–Kier alpha value is -4.01. The van der Waals surface area contributed by atoms with Crippen LogP contribution in [0.3, 0.4) is 0 Å². The highest BCUT2D eigenvalue weighted by Gasteiger charge is 2.02. The molecule has 0 spiro atoms. The molecule has 0 amide bonds. The van der Waals surface area contributed by atoms with E-state index in [0.717, 1.165) is 23.0 Å². The first-order valence-electron chi connectivity index (χ1n) is 12.0. The lowest BCUT2D eigenvalue weighted by molar-refractivity contribution is 0.112. The number of aliphatic hydroxyl groups is 1. The molecule has 0 aliphatic heterocycles. The molecular weight excluding hydrogens is 440 g/mol. The van der Waals surface area contributed by atoms with E-state index in [9.17, 15) is 9.90 Å². The van der Waals surface area contributed by atoms with E-state index in [-0.39, 0.29) is 0 Å². The van der Waals surface area contributed by atoms with Crippen LogP contribution in [0.2, 0.25) is 0 Å². The molecule has 0 fully saturated rings. The third-order valence-corrected chi connectivity index (χ3v) is 5.49. The first kappa shape index (κ1) is 28.2. The number of hydrogen-bond acceptors (Lipinski definition) is 2. The highest BCUT2D eigenvalue weighted by molar-refractivity contribution is 5.74. The molecule has 0 bridgehead atoms. The zero-order valence-electron chi connectivity index (χ0n) is 21.7. The summed E-state index contributed by atoms with van der Waals surface area (Å²) in [7, 11) is 0. The van der Waals surface area contributed by atoms with Crippen molar-refractivity contribution in [2.24, 2.45) is 0 Å². The standard InChI is InChI=1S/C17H18O.C9H10.C8H8O/c1-13-3-7-15(8-4-13)9-12-17(18)16-10-5-14(2)6-11-16;1-3-9-6-4-8(2)5-7-9;1-7-2-4-8(6-9)5-3-7/h3-12,17-18H,1-2H3;3-7H,1H2,2H3;2-6H,1H3/b12-9+;;. The Morgan fingerprint density at radius 3 is 1.33 bits per heavy atom. The van der Waals surface area contributed by atoms with E-state index in [2.05, 4.69) is 56.8 Å². The zero-order chi connectivity index (χ0) is 26.3. The SMILES string of the molecule is C=Cc1ccc(C)cc1.Cc1ccc(/C=C/C(O)c2ccc(C)cc2)cc1.Cc1ccc(C=O)cc1. The molecule has 4 rings (SSSR count). The molecule has 0 aromatic heterocycles. The van der Waals surface area contributed by atoms with Gasteiger partial charge < -0.3 is 5.11 Å². The molecule has 0 aliphatic carbocycles. The number of carbonyl (C=O) groups excluding carboxylic acids is 1. The Kier molecular flexibility index (Phi) is 11.8. The monoisotopic (exact) mass is 476 g/mol. The average molecular weight is 477 g/mol. The van der Waals surface area contributed by atoms with Crippen molar-refractivity contribution in [2.75, 3.05) is 0 Å². The van der Waals surface area contributed by atoms with E-state index in [0.29, 0.717) is 0 Å². The van der Waals surface area contributed by atoms with Gasteiger partial charge in [-0.3, -0.25) is 4.79 Å². The Morgan fingerprint density at radius 1 is 0.583 bits per heavy atom. The second-order valence-electron chi connectivity index (χ2n) is 8.77. The van der Waals surface area contributed by atoms with Gasteiger partial charge in [0.15, 0.2) is 0 Å². The number of aldehydes is 1. The summed E-state index contributed by atoms with van der Waals surface area (Å²) in [6.07, 6.45) is 5.91. The number of rotatable bonds is 5. The fraction of sp³-hybridized carbons (Fsp3) is 0.147. The van der Waals surface area contributed by atoms with Gasteiger partial charge in [-0.05, 0) is 44.4 Å². The predicted octanol–water partition coefficient (Wildman–Crippen LogP) is 8.50. The molecule has 4 aromatic rings. The van der Waals surface area contributed by atoms with Crippen LogP contribution in [-0.2, 0) is 0 Å². The second-order valence-corrected chi connectivity index (χ2v) is 8.77. The number of hydrogen-bond donors (Lipinski definition) is 1. The quantitative estimate of drug-likeness (QED) is 0.293. The smallest absolute Gasteiger partial charge is 0.150 e. The molecule has 1 atom stereocenters. The lowest BCUT2D eigenvalue weighted by atomic mass is 10.1. The van der Waals surface area contributed by atoms with Crippen molar-refractivity contribution in [3.05, 3.63) is 154 Å². The van der Waals surface area contributed by atoms with E-state index in [1.54, 1.807) is 0 Å². The minimum Gasteiger partial charge on any atom is -0.384 e. The van der Waals surface area contributed by atoms with Gasteiger partial charge in [-0.25, -0.2) is 0 Å². The highest BCUT2D eigenvalue weighted by Crippen LogP contribution is 2.16. The van der Waals surface area contributed by atoms with Crippen molar-refractivity contribution in [3.63, 3.8) is 0 Å². The highest BCUT2D eigenvalue weighted by atomic mass is 16.3. The molecule has 0 heterocycles. The van der Waals surface area contributed by atoms with Gasteiger partial charge >= 0.3 is 0 Å². The third-order valence-electron chi connectivity index (χ3n) is 5.49. The molecule has 184 valence electrons. The molecule has 0 saturated heterocycles. The third kappa shape index (κ3) is 10.5. The van der Waals surface area contributed by atoms with Gasteiger partial charge in [0, 0.05) is 5.56 Å². The minimum absolute atomic E-state index is 0.549. The van der Waals surface area contributed by atoms with Crippen LogP contribution >= 0.6 is 0 Å². The summed E-state index contributed by atoms with van der Waals surface area (Å²) in [5.74, 6) is 0. The van der Waals surface area contributed by atoms with Gasteiger partial charge in [0.2, 0.25) is 0 Å². The topological polar surface area (TPSA) is 37.3 Å². The van der Waals surface area contributed by atoms with Gasteiger partial charge in [0.25, 0.3) is 0 Å². The van der Waals surface area contributed by atoms with Crippen molar-refractivity contribution in [1.29, 1.82) is 0 Å². The summed E-state index contributed by atoms with van der Waals surface area (Å²) in [6, 6.07) is 31.9. The normalized spacial score (nSPS) is 10.9. The molecule has 2 heteroatoms. The van der Waals surface area contributed by atoms with Crippen molar-refractivity contribution in [1.82, 2.24) is 0 Å². The summed E-state index contributed by atoms with van der Waals surface area (Å²) in [6.45, 7) is 11.8. The van der Waals surface area contributed by atoms with E-state index in [4.69, 9.17) is 0 Å². The van der Waals surface area contributed by atoms with Crippen molar-refractivity contribution >= 4 is 18.4 Å². The number of aliphatic hydroxyl groups excluding tert-OH is 1. The average Bonchev–Trinajstić information content (AvgIpc) is 2.90. The summed E-state index contributed by atoms with van der Waals surface area (Å²) < 4.78 is 0. The molecule has 0 aliphatic rings. The molecule has 2 nitrogen and oxygen atoms in total. The van der Waals surface area contributed by atoms with Gasteiger partial charge in [0.1, 0.15) is 6.29 Å². The zero-order valence-corrected chi connectivity index (χ0v) is 21.7. The Balaban J connectivity index is 0.000000212. The maximum Gasteiger partial charge on any atom is 0.150 e. The van der Waals surface area contributed by atoms with E-state index in [1.807, 2.05) is 92.7 Å². The van der Waals surface area contributed by atoms with Crippen LogP contribution in [0, 0.1) is 27.7 Å². The fourth-order valence-electron chi connectivity index (χ4n) is 3.10. The second kappa shape index (κ2) is 15.1. The molecule has 36 heavy (non-hydrogen) atoms. The summed E-state index contributed by atoms with van der Waals surface area (Å²) in [5.41, 5.74) is 8.86. The van der Waals surface area contributed by atoms with E-state index < -0.39 is 6.10 Å². The first-order valence-corrected chi connectivity index (χ1v) is 12.0. The summed E-state index contributed by atoms with van der Waals surface area (Å²) in [4.78, 5) is 10.1. The van der Waals surface area contributed by atoms with Crippen LogP contribution < -0.4 is 0 Å². The van der Waals surface area contributed by atoms with E-state index >= 15 is 0 Å². The van der Waals surface area contributed by atoms with Gasteiger partial charge in [-0.2, -0.15) is 0 Å². The van der Waals surface area contributed by atoms with Crippen LogP contribution in [-0.4, -0.2) is 11.4 Å². The van der Waals surface area contributed by atoms with Crippen LogP contribution in [0.25, 0.3) is 12.2 Å². The lowest BCUT2D eigenvalue weighted by Crippen LogP contribution is -1.92. The lowest BCUT2D eigenvalue weighted by Gasteiger charge is -2.06. The Labute approximate surface area is 216 Å². The van der Waals surface area contributed by atoms with Gasteiger partial charge in [-0.1, -0.05) is 144 Å². The molecule has 1 N–H and O–H groups in total. The summed E-state index contributed by atoms with van der Waals surface area (Å²) in [5, 5.41) is 10.0. The molecule has 0 radical (unpaired) electrons. The molecule has 0 saturated carbocycles. The predicted molar refractivity (Wildman–Crippen MR) is 154 cm³/mol. The van der Waals surface area contributed by atoms with E-state index in [1.165, 1.54) is 27.8 Å². The fourth-order valence-corrected chi connectivity index (χ4v) is 3.10. The number of benzene rings is 4. The molecule has 1 unspecified atom stereocenters. The van der Waals surface area contributed by atoms with Crippen LogP contribution in [0.1, 0.15) is 55.4 Å². The largest absolute Gasteiger partial charge is 0.384 e. The number of carbonyl (C=O) groups is 1. The van der Waals surface area contributed by atoms with Crippen molar-refractivity contribution < 1.29 is 9.90 Å². The Morgan fingerprint density at radius 2 is 0.944 bits per heavy atom. The first-order chi connectivity index (χ1) is 17.3. The number of aryl methyl sites for hydroxylation is 4. The maximum absolute atomic E-state index is 10.1. The summed E-state index contributed by atoms with van der Waals surface area (Å²) >= 11 is 0. The van der Waals surface area contributed by atoms with Gasteiger partial charge in [0.05, 0.1) is 6.10 Å². The maximum atomic E-state index is 10.1. The van der Waals surface area contributed by atoms with Crippen LogP contribution in [0.5, 0.6) is 0 Å². The van der Waals surface area contributed by atoms with Gasteiger partial charge in [-0.15, -0.1) is 0 Å². The van der Waals surface area contributed by atoms with Crippen LogP contribution in [0.4, 0.5) is 0 Å². The van der Waals surface area contributed by atoms with Crippen molar-refractivity contribution in [2.45, 2.75) is 33.8 Å².